The van der Waals surface area contributed by atoms with Crippen molar-refractivity contribution in [3.05, 3.63) is 83.9 Å². The van der Waals surface area contributed by atoms with Crippen molar-refractivity contribution in [1.82, 2.24) is 5.32 Å². The molecule has 3 aromatic rings. The van der Waals surface area contributed by atoms with Crippen LogP contribution in [0.1, 0.15) is 27.6 Å². The molecule has 0 aliphatic carbocycles. The number of amides is 1. The van der Waals surface area contributed by atoms with E-state index in [4.69, 9.17) is 4.74 Å². The average Bonchev–Trinajstić information content (AvgIpc) is 2.72. The number of aliphatic hydroxyl groups is 1. The minimum absolute atomic E-state index is 0.145. The summed E-state index contributed by atoms with van der Waals surface area (Å²) in [5, 5.41) is 14.3. The minimum atomic E-state index is -1.10. The zero-order valence-electron chi connectivity index (χ0n) is 15.0. The molecule has 1 atom stereocenters. The van der Waals surface area contributed by atoms with E-state index in [1.165, 1.54) is 0 Å². The number of ether oxygens (including phenoxy) is 1. The van der Waals surface area contributed by atoms with Gasteiger partial charge in [0.15, 0.2) is 0 Å². The Bertz CT molecular complexity index is 949. The summed E-state index contributed by atoms with van der Waals surface area (Å²) >= 11 is 0. The Hall–Kier alpha value is -3.18. The van der Waals surface area contributed by atoms with E-state index in [2.05, 4.69) is 5.32 Å². The van der Waals surface area contributed by atoms with Crippen molar-refractivity contribution >= 4 is 22.6 Å². The Morgan fingerprint density at radius 2 is 1.63 bits per heavy atom. The lowest BCUT2D eigenvalue weighted by atomic mass is 10.0. The van der Waals surface area contributed by atoms with Crippen LogP contribution in [0.4, 0.5) is 0 Å². The monoisotopic (exact) mass is 363 g/mol. The van der Waals surface area contributed by atoms with E-state index >= 15 is 0 Å². The zero-order chi connectivity index (χ0) is 19.3. The molecule has 0 saturated heterocycles. The largest absolute Gasteiger partial charge is 0.460 e. The molecule has 0 aliphatic rings. The van der Waals surface area contributed by atoms with E-state index in [9.17, 15) is 14.7 Å². The third-order valence-corrected chi connectivity index (χ3v) is 4.33. The van der Waals surface area contributed by atoms with Crippen molar-refractivity contribution in [3.63, 3.8) is 0 Å². The van der Waals surface area contributed by atoms with Crippen LogP contribution in [0.3, 0.4) is 0 Å². The second-order valence-electron chi connectivity index (χ2n) is 6.64. The third-order valence-electron chi connectivity index (χ3n) is 4.33. The summed E-state index contributed by atoms with van der Waals surface area (Å²) in [5.41, 5.74) is -0.182. The number of esters is 1. The van der Waals surface area contributed by atoms with Crippen LogP contribution >= 0.6 is 0 Å². The molecule has 5 heteroatoms. The van der Waals surface area contributed by atoms with E-state index < -0.39 is 11.5 Å². The van der Waals surface area contributed by atoms with Gasteiger partial charge in [0.05, 0.1) is 17.7 Å². The number of benzene rings is 3. The van der Waals surface area contributed by atoms with Crippen molar-refractivity contribution in [3.8, 4) is 0 Å². The van der Waals surface area contributed by atoms with Crippen molar-refractivity contribution < 1.29 is 19.4 Å². The molecule has 0 radical (unpaired) electrons. The summed E-state index contributed by atoms with van der Waals surface area (Å²) in [6.07, 6.45) is 0. The molecular formula is C22H21NO4. The molecule has 0 aliphatic heterocycles. The van der Waals surface area contributed by atoms with Crippen molar-refractivity contribution in [2.45, 2.75) is 12.5 Å². The standard InChI is InChI=1S/C22H21NO4/c1-22(14-24,15-27-21(26)17-9-3-2-4-10-17)23-20(25)19-13-7-11-16-8-5-6-12-18(16)19/h2-13,24H,14-15H2,1H3,(H,23,25). The molecule has 3 aromatic carbocycles. The van der Waals surface area contributed by atoms with Gasteiger partial charge in [-0.25, -0.2) is 4.79 Å². The maximum atomic E-state index is 12.8. The van der Waals surface area contributed by atoms with E-state index in [0.717, 1.165) is 10.8 Å². The molecule has 0 aromatic heterocycles. The van der Waals surface area contributed by atoms with Crippen molar-refractivity contribution in [2.24, 2.45) is 0 Å². The maximum Gasteiger partial charge on any atom is 0.338 e. The number of hydrogen-bond acceptors (Lipinski definition) is 4. The highest BCUT2D eigenvalue weighted by Crippen LogP contribution is 2.19. The van der Waals surface area contributed by atoms with Gasteiger partial charge in [-0.1, -0.05) is 54.6 Å². The van der Waals surface area contributed by atoms with Gasteiger partial charge < -0.3 is 15.2 Å². The zero-order valence-corrected chi connectivity index (χ0v) is 15.0. The fraction of sp³-hybridized carbons (Fsp3) is 0.182. The highest BCUT2D eigenvalue weighted by atomic mass is 16.5. The Labute approximate surface area is 157 Å². The summed E-state index contributed by atoms with van der Waals surface area (Å²) < 4.78 is 5.29. The number of carbonyl (C=O) groups excluding carboxylic acids is 2. The summed E-state index contributed by atoms with van der Waals surface area (Å²) in [5.74, 6) is -0.839. The molecule has 3 rings (SSSR count). The molecule has 0 heterocycles. The lowest BCUT2D eigenvalue weighted by Crippen LogP contribution is -2.52. The molecule has 0 saturated carbocycles. The van der Waals surface area contributed by atoms with Crippen LogP contribution in [0.2, 0.25) is 0 Å². The van der Waals surface area contributed by atoms with Crippen molar-refractivity contribution in [2.75, 3.05) is 13.2 Å². The average molecular weight is 363 g/mol. The second-order valence-corrected chi connectivity index (χ2v) is 6.64. The number of carbonyl (C=O) groups is 2. The normalized spacial score (nSPS) is 13.0. The number of aliphatic hydroxyl groups excluding tert-OH is 1. The topological polar surface area (TPSA) is 75.6 Å². The predicted octanol–water partition coefficient (Wildman–Crippen LogP) is 3.18. The van der Waals surface area contributed by atoms with Gasteiger partial charge in [0, 0.05) is 5.56 Å². The lowest BCUT2D eigenvalue weighted by Gasteiger charge is -2.28. The number of hydrogen-bond donors (Lipinski definition) is 2. The van der Waals surface area contributed by atoms with Crippen LogP contribution in [-0.4, -0.2) is 35.7 Å². The molecule has 0 spiro atoms. The van der Waals surface area contributed by atoms with E-state index in [1.54, 1.807) is 43.3 Å². The van der Waals surface area contributed by atoms with E-state index in [-0.39, 0.29) is 19.1 Å². The smallest absolute Gasteiger partial charge is 0.338 e. The van der Waals surface area contributed by atoms with E-state index in [1.807, 2.05) is 36.4 Å². The van der Waals surface area contributed by atoms with Crippen LogP contribution in [0.5, 0.6) is 0 Å². The molecular weight excluding hydrogens is 342 g/mol. The Morgan fingerprint density at radius 1 is 0.963 bits per heavy atom. The summed E-state index contributed by atoms with van der Waals surface area (Å²) in [4.78, 5) is 24.9. The fourth-order valence-electron chi connectivity index (χ4n) is 2.77. The van der Waals surface area contributed by atoms with Gasteiger partial charge in [-0.15, -0.1) is 0 Å². The first-order chi connectivity index (χ1) is 13.0. The van der Waals surface area contributed by atoms with Crippen LogP contribution in [0, 0.1) is 0 Å². The number of nitrogens with one attached hydrogen (secondary N) is 1. The number of rotatable bonds is 6. The molecule has 1 unspecified atom stereocenters. The van der Waals surface area contributed by atoms with E-state index in [0.29, 0.717) is 11.1 Å². The summed E-state index contributed by atoms with van der Waals surface area (Å²) in [6, 6.07) is 21.6. The summed E-state index contributed by atoms with van der Waals surface area (Å²) in [7, 11) is 0. The first kappa shape index (κ1) is 18.6. The molecule has 27 heavy (non-hydrogen) atoms. The van der Waals surface area contributed by atoms with Gasteiger partial charge >= 0.3 is 5.97 Å². The predicted molar refractivity (Wildman–Crippen MR) is 104 cm³/mol. The first-order valence-corrected chi connectivity index (χ1v) is 8.66. The Kier molecular flexibility index (Phi) is 5.52. The summed E-state index contributed by atoms with van der Waals surface area (Å²) in [6.45, 7) is 1.12. The number of fused-ring (bicyclic) bond motifs is 1. The molecule has 1 amide bonds. The highest BCUT2D eigenvalue weighted by molar-refractivity contribution is 6.07. The molecule has 0 bridgehead atoms. The Morgan fingerprint density at radius 3 is 2.37 bits per heavy atom. The minimum Gasteiger partial charge on any atom is -0.460 e. The van der Waals surface area contributed by atoms with Gasteiger partial charge in [0.25, 0.3) is 5.91 Å². The van der Waals surface area contributed by atoms with Gasteiger partial charge in [0.1, 0.15) is 6.61 Å². The van der Waals surface area contributed by atoms with Crippen LogP contribution in [-0.2, 0) is 4.74 Å². The van der Waals surface area contributed by atoms with Crippen LogP contribution in [0.15, 0.2) is 72.8 Å². The van der Waals surface area contributed by atoms with Gasteiger partial charge in [0.2, 0.25) is 0 Å². The SMILES string of the molecule is CC(CO)(COC(=O)c1ccccc1)NC(=O)c1cccc2ccccc12. The lowest BCUT2D eigenvalue weighted by molar-refractivity contribution is 0.0282. The molecule has 5 nitrogen and oxygen atoms in total. The second kappa shape index (κ2) is 8.01. The fourth-order valence-corrected chi connectivity index (χ4v) is 2.77. The van der Waals surface area contributed by atoms with Crippen LogP contribution < -0.4 is 5.32 Å². The van der Waals surface area contributed by atoms with Crippen molar-refractivity contribution in [1.29, 1.82) is 0 Å². The quantitative estimate of drug-likeness (QED) is 0.660. The van der Waals surface area contributed by atoms with Gasteiger partial charge in [-0.05, 0) is 35.9 Å². The Balaban J connectivity index is 1.73. The van der Waals surface area contributed by atoms with Gasteiger partial charge in [-0.2, -0.15) is 0 Å². The first-order valence-electron chi connectivity index (χ1n) is 8.66. The van der Waals surface area contributed by atoms with Crippen LogP contribution in [0.25, 0.3) is 10.8 Å². The molecule has 2 N–H and O–H groups in total. The molecule has 138 valence electrons. The highest BCUT2D eigenvalue weighted by Gasteiger charge is 2.29. The molecule has 0 fully saturated rings. The third kappa shape index (κ3) is 4.33. The maximum absolute atomic E-state index is 12.8. The van der Waals surface area contributed by atoms with Gasteiger partial charge in [-0.3, -0.25) is 4.79 Å².